The molecule has 0 unspecified atom stereocenters. The maximum absolute atomic E-state index is 11.6. The van der Waals surface area contributed by atoms with E-state index in [4.69, 9.17) is 14.6 Å². The zero-order chi connectivity index (χ0) is 25.6. The van der Waals surface area contributed by atoms with Gasteiger partial charge in [-0.05, 0) is 53.4 Å². The van der Waals surface area contributed by atoms with E-state index in [0.29, 0.717) is 0 Å². The van der Waals surface area contributed by atoms with Crippen LogP contribution in [0.4, 0.5) is 9.59 Å². The zero-order valence-electron chi connectivity index (χ0n) is 21.3. The number of carboxylic acids is 1. The van der Waals surface area contributed by atoms with E-state index in [0.717, 1.165) is 12.1 Å². The Morgan fingerprint density at radius 1 is 1.00 bits per heavy atom. The van der Waals surface area contributed by atoms with Gasteiger partial charge in [0.25, 0.3) is 0 Å². The Morgan fingerprint density at radius 2 is 1.50 bits per heavy atom. The average molecular weight is 485 g/mol. The molecule has 3 N–H and O–H groups in total. The van der Waals surface area contributed by atoms with E-state index in [1.54, 1.807) is 20.8 Å². The first-order valence-electron chi connectivity index (χ1n) is 12.4. The Kier molecular flexibility index (Phi) is 13.6. The molecule has 0 bridgehead atoms. The maximum Gasteiger partial charge on any atom is 0.508 e. The van der Waals surface area contributed by atoms with Gasteiger partial charge in [-0.25, -0.2) is 14.4 Å². The third kappa shape index (κ3) is 13.4. The van der Waals surface area contributed by atoms with E-state index >= 15 is 0 Å². The summed E-state index contributed by atoms with van der Waals surface area (Å²) in [7, 11) is 0. The van der Waals surface area contributed by atoms with Crippen LogP contribution in [0.5, 0.6) is 0 Å². The molecule has 2 saturated carbocycles. The zero-order valence-corrected chi connectivity index (χ0v) is 21.3. The van der Waals surface area contributed by atoms with Crippen molar-refractivity contribution in [3.05, 3.63) is 12.7 Å². The van der Waals surface area contributed by atoms with Crippen molar-refractivity contribution in [2.45, 2.75) is 122 Å². The number of alkyl carbamates (subject to hydrolysis) is 1. The molecular formula is C25H44N2O7. The van der Waals surface area contributed by atoms with Crippen LogP contribution in [-0.2, 0) is 19.0 Å². The van der Waals surface area contributed by atoms with Gasteiger partial charge in [0, 0.05) is 12.1 Å². The Bertz CT molecular complexity index is 620. The van der Waals surface area contributed by atoms with Gasteiger partial charge < -0.3 is 30.0 Å². The van der Waals surface area contributed by atoms with Crippen molar-refractivity contribution in [3.8, 4) is 0 Å². The maximum atomic E-state index is 11.6. The van der Waals surface area contributed by atoms with Crippen LogP contribution in [0, 0.1) is 0 Å². The highest BCUT2D eigenvalue weighted by Gasteiger charge is 2.31. The van der Waals surface area contributed by atoms with Crippen LogP contribution in [0.1, 0.15) is 91.9 Å². The second-order valence-corrected chi connectivity index (χ2v) is 9.97. The molecule has 0 heterocycles. The van der Waals surface area contributed by atoms with Crippen LogP contribution in [0.2, 0.25) is 0 Å². The normalized spacial score (nSPS) is 18.9. The summed E-state index contributed by atoms with van der Waals surface area (Å²) in [5.74, 6) is -1.37. The molecule has 1 amide bonds. The molecule has 0 radical (unpaired) electrons. The Labute approximate surface area is 204 Å². The number of carboxylic acid groups (broad SMARTS) is 1. The first kappa shape index (κ1) is 29.7. The number of hydrogen-bond donors (Lipinski definition) is 3. The van der Waals surface area contributed by atoms with Crippen molar-refractivity contribution in [2.75, 3.05) is 6.61 Å². The van der Waals surface area contributed by atoms with E-state index < -0.39 is 36.0 Å². The van der Waals surface area contributed by atoms with Crippen LogP contribution in [0.15, 0.2) is 12.7 Å². The number of hydrogen-bond acceptors (Lipinski definition) is 7. The molecule has 2 atom stereocenters. The van der Waals surface area contributed by atoms with Crippen molar-refractivity contribution in [1.29, 1.82) is 0 Å². The summed E-state index contributed by atoms with van der Waals surface area (Å²) in [5.41, 5.74) is -0.778. The third-order valence-electron chi connectivity index (χ3n) is 5.69. The van der Waals surface area contributed by atoms with Gasteiger partial charge in [-0.15, -0.1) is 0 Å². The van der Waals surface area contributed by atoms with Gasteiger partial charge in [-0.1, -0.05) is 51.2 Å². The Balaban J connectivity index is 0.000000375. The molecule has 0 aromatic rings. The summed E-state index contributed by atoms with van der Waals surface area (Å²) in [4.78, 5) is 33.9. The lowest BCUT2D eigenvalue weighted by atomic mass is 9.91. The van der Waals surface area contributed by atoms with E-state index in [2.05, 4.69) is 21.9 Å². The lowest BCUT2D eigenvalue weighted by molar-refractivity contribution is -0.142. The largest absolute Gasteiger partial charge is 0.508 e. The van der Waals surface area contributed by atoms with Gasteiger partial charge in [0.2, 0.25) is 0 Å². The van der Waals surface area contributed by atoms with Gasteiger partial charge in [-0.2, -0.15) is 0 Å². The van der Waals surface area contributed by atoms with E-state index in [-0.39, 0.29) is 6.61 Å². The molecule has 2 rings (SSSR count). The number of aliphatic carboxylic acids is 1. The summed E-state index contributed by atoms with van der Waals surface area (Å²) in [6, 6.07) is 0.282. The summed E-state index contributed by atoms with van der Waals surface area (Å²) in [6.07, 6.45) is 12.8. The van der Waals surface area contributed by atoms with Gasteiger partial charge in [-0.3, -0.25) is 0 Å². The van der Waals surface area contributed by atoms with E-state index in [1.165, 1.54) is 77.2 Å². The van der Waals surface area contributed by atoms with Crippen molar-refractivity contribution >= 4 is 18.2 Å². The SMILES string of the molecule is C1CCC(NC2CCCCC2)CC1.C=CCOC(=O)O[C@H](C)[C@H](NC(=O)OC(C)(C)C)C(=O)O. The molecule has 0 spiro atoms. The highest BCUT2D eigenvalue weighted by atomic mass is 16.7. The molecule has 2 aliphatic carbocycles. The Morgan fingerprint density at radius 3 is 1.91 bits per heavy atom. The minimum absolute atomic E-state index is 0.0667. The highest BCUT2D eigenvalue weighted by Crippen LogP contribution is 2.22. The number of nitrogens with one attached hydrogen (secondary N) is 2. The topological polar surface area (TPSA) is 123 Å². The van der Waals surface area contributed by atoms with E-state index in [9.17, 15) is 14.4 Å². The fraction of sp³-hybridized carbons (Fsp3) is 0.800. The minimum Gasteiger partial charge on any atom is -0.480 e. The quantitative estimate of drug-likeness (QED) is 0.327. The number of carbonyl (C=O) groups excluding carboxylic acids is 2. The molecule has 9 nitrogen and oxygen atoms in total. The second-order valence-electron chi connectivity index (χ2n) is 9.97. The molecule has 196 valence electrons. The fourth-order valence-electron chi connectivity index (χ4n) is 4.07. The van der Waals surface area contributed by atoms with Crippen molar-refractivity contribution < 1.29 is 33.7 Å². The van der Waals surface area contributed by atoms with Crippen LogP contribution < -0.4 is 10.6 Å². The molecule has 34 heavy (non-hydrogen) atoms. The van der Waals surface area contributed by atoms with Crippen LogP contribution in [-0.4, -0.2) is 59.8 Å². The molecule has 0 saturated heterocycles. The van der Waals surface area contributed by atoms with Gasteiger partial charge in [0.15, 0.2) is 6.04 Å². The van der Waals surface area contributed by atoms with Crippen molar-refractivity contribution in [3.63, 3.8) is 0 Å². The smallest absolute Gasteiger partial charge is 0.480 e. The number of carbonyl (C=O) groups is 3. The number of ether oxygens (including phenoxy) is 3. The molecule has 0 aromatic carbocycles. The van der Waals surface area contributed by atoms with Gasteiger partial charge in [0.05, 0.1) is 0 Å². The number of amides is 1. The van der Waals surface area contributed by atoms with Gasteiger partial charge in [0.1, 0.15) is 18.3 Å². The predicted octanol–water partition coefficient (Wildman–Crippen LogP) is 4.93. The van der Waals surface area contributed by atoms with Crippen LogP contribution in [0.3, 0.4) is 0 Å². The number of rotatable bonds is 8. The minimum atomic E-state index is -1.46. The third-order valence-corrected chi connectivity index (χ3v) is 5.69. The monoisotopic (exact) mass is 484 g/mol. The molecule has 2 fully saturated rings. The summed E-state index contributed by atoms with van der Waals surface area (Å²) < 4.78 is 14.2. The standard InChI is InChI=1S/C13H21NO7.C12H23N/c1-6-7-19-12(18)20-8(2)9(10(15)16)14-11(17)21-13(3,4)5;1-3-7-11(8-4-1)13-12-9-5-2-6-10-12/h6,8-9H,1,7H2,2-5H3,(H,14,17)(H,15,16);11-13H,1-10H2/t8-,9+;/m1./s1. The summed E-state index contributed by atoms with van der Waals surface area (Å²) in [6.45, 7) is 9.49. The highest BCUT2D eigenvalue weighted by molar-refractivity contribution is 5.81. The Hall–Kier alpha value is -2.29. The van der Waals surface area contributed by atoms with Crippen LogP contribution in [0.25, 0.3) is 0 Å². The summed E-state index contributed by atoms with van der Waals surface area (Å²) in [5, 5.41) is 15.0. The molecule has 2 aliphatic rings. The van der Waals surface area contributed by atoms with Gasteiger partial charge >= 0.3 is 18.2 Å². The molecular weight excluding hydrogens is 440 g/mol. The fourth-order valence-corrected chi connectivity index (χ4v) is 4.07. The molecule has 0 aromatic heterocycles. The predicted molar refractivity (Wildman–Crippen MR) is 130 cm³/mol. The molecule has 0 aliphatic heterocycles. The molecule has 9 heteroatoms. The lowest BCUT2D eigenvalue weighted by Crippen LogP contribution is -2.50. The average Bonchev–Trinajstić information content (AvgIpc) is 2.76. The van der Waals surface area contributed by atoms with Crippen LogP contribution >= 0.6 is 0 Å². The first-order valence-corrected chi connectivity index (χ1v) is 12.4. The lowest BCUT2D eigenvalue weighted by Gasteiger charge is -2.30. The van der Waals surface area contributed by atoms with Crippen molar-refractivity contribution in [2.24, 2.45) is 0 Å². The second kappa shape index (κ2) is 15.6. The van der Waals surface area contributed by atoms with Crippen molar-refractivity contribution in [1.82, 2.24) is 10.6 Å². The summed E-state index contributed by atoms with van der Waals surface area (Å²) >= 11 is 0. The van der Waals surface area contributed by atoms with E-state index in [1.807, 2.05) is 0 Å². The first-order chi connectivity index (χ1) is 16.0.